The lowest BCUT2D eigenvalue weighted by atomic mass is 9.99. The monoisotopic (exact) mass is 441 g/mol. The van der Waals surface area contributed by atoms with Crippen molar-refractivity contribution in [3.05, 3.63) is 83.4 Å². The molecule has 3 aromatic rings. The zero-order valence-electron chi connectivity index (χ0n) is 18.1. The van der Waals surface area contributed by atoms with E-state index in [-0.39, 0.29) is 4.90 Å². The first-order chi connectivity index (χ1) is 14.9. The van der Waals surface area contributed by atoms with Crippen molar-refractivity contribution in [1.29, 1.82) is 0 Å². The molecule has 0 spiro atoms. The summed E-state index contributed by atoms with van der Waals surface area (Å²) in [6, 6.07) is 19.3. The van der Waals surface area contributed by atoms with Gasteiger partial charge in [0.1, 0.15) is 17.2 Å². The molecule has 31 heavy (non-hydrogen) atoms. The number of benzene rings is 3. The maximum Gasteiger partial charge on any atom is 0.241 e. The van der Waals surface area contributed by atoms with Crippen LogP contribution in [0.4, 0.5) is 0 Å². The second-order valence-electron chi connectivity index (χ2n) is 7.13. The molecule has 1 N–H and O–H groups in total. The van der Waals surface area contributed by atoms with Gasteiger partial charge in [-0.2, -0.15) is 0 Å². The van der Waals surface area contributed by atoms with Gasteiger partial charge < -0.3 is 14.2 Å². The van der Waals surface area contributed by atoms with Crippen molar-refractivity contribution in [2.24, 2.45) is 0 Å². The van der Waals surface area contributed by atoms with Crippen LogP contribution in [0.25, 0.3) is 0 Å². The van der Waals surface area contributed by atoms with E-state index in [4.69, 9.17) is 14.2 Å². The second-order valence-corrected chi connectivity index (χ2v) is 8.84. The average Bonchev–Trinajstić information content (AvgIpc) is 2.79. The number of hydrogen-bond acceptors (Lipinski definition) is 5. The van der Waals surface area contributed by atoms with Gasteiger partial charge in [-0.25, -0.2) is 13.1 Å². The molecule has 3 aromatic carbocycles. The Kier molecular flexibility index (Phi) is 7.20. The lowest BCUT2D eigenvalue weighted by Crippen LogP contribution is -2.30. The van der Waals surface area contributed by atoms with Crippen molar-refractivity contribution in [3.63, 3.8) is 0 Å². The highest BCUT2D eigenvalue weighted by molar-refractivity contribution is 7.89. The topological polar surface area (TPSA) is 73.9 Å². The van der Waals surface area contributed by atoms with Gasteiger partial charge in [0, 0.05) is 0 Å². The molecule has 0 amide bonds. The normalized spacial score (nSPS) is 12.3. The zero-order chi connectivity index (χ0) is 22.4. The lowest BCUT2D eigenvalue weighted by Gasteiger charge is -2.20. The molecule has 0 fully saturated rings. The summed E-state index contributed by atoms with van der Waals surface area (Å²) in [6.07, 6.45) is 0.477. The second kappa shape index (κ2) is 9.85. The molecule has 1 atom stereocenters. The van der Waals surface area contributed by atoms with E-state index < -0.39 is 16.1 Å². The van der Waals surface area contributed by atoms with Gasteiger partial charge in [-0.15, -0.1) is 0 Å². The quantitative estimate of drug-likeness (QED) is 0.536. The van der Waals surface area contributed by atoms with E-state index in [0.29, 0.717) is 17.9 Å². The fourth-order valence-electron chi connectivity index (χ4n) is 3.33. The first-order valence-electron chi connectivity index (χ1n) is 9.80. The smallest absolute Gasteiger partial charge is 0.241 e. The predicted molar refractivity (Wildman–Crippen MR) is 120 cm³/mol. The fraction of sp³-hybridized carbons (Fsp3) is 0.250. The summed E-state index contributed by atoms with van der Waals surface area (Å²) in [5.74, 6) is 2.10. The van der Waals surface area contributed by atoms with Gasteiger partial charge in [-0.05, 0) is 72.5 Å². The first-order valence-corrected chi connectivity index (χ1v) is 11.3. The largest absolute Gasteiger partial charge is 0.497 e. The van der Waals surface area contributed by atoms with Crippen LogP contribution in [0.15, 0.2) is 71.6 Å². The van der Waals surface area contributed by atoms with Crippen LogP contribution < -0.4 is 18.9 Å². The standard InChI is InChI=1S/C24H27NO5S/c1-17-15-22(13-14-24(17)30-4)31(26,27)25-23(19-7-11-21(29-3)12-8-19)16-18-5-9-20(28-2)10-6-18/h5-15,23,25H,16H2,1-4H3. The van der Waals surface area contributed by atoms with Crippen LogP contribution in [0.5, 0.6) is 17.2 Å². The summed E-state index contributed by atoms with van der Waals surface area (Å²) in [5, 5.41) is 0. The molecule has 0 saturated carbocycles. The average molecular weight is 442 g/mol. The number of methoxy groups -OCH3 is 3. The summed E-state index contributed by atoms with van der Waals surface area (Å²) in [6.45, 7) is 1.82. The minimum absolute atomic E-state index is 0.194. The van der Waals surface area contributed by atoms with E-state index in [0.717, 1.165) is 22.4 Å². The molecular formula is C24H27NO5S. The van der Waals surface area contributed by atoms with Crippen LogP contribution in [-0.2, 0) is 16.4 Å². The predicted octanol–water partition coefficient (Wildman–Crippen LogP) is 4.28. The van der Waals surface area contributed by atoms with Crippen LogP contribution >= 0.6 is 0 Å². The van der Waals surface area contributed by atoms with Crippen molar-refractivity contribution in [1.82, 2.24) is 4.72 Å². The maximum atomic E-state index is 13.2. The van der Waals surface area contributed by atoms with Crippen molar-refractivity contribution in [2.45, 2.75) is 24.3 Å². The third-order valence-electron chi connectivity index (χ3n) is 5.09. The van der Waals surface area contributed by atoms with E-state index in [1.54, 1.807) is 39.5 Å². The summed E-state index contributed by atoms with van der Waals surface area (Å²) >= 11 is 0. The zero-order valence-corrected chi connectivity index (χ0v) is 18.9. The van der Waals surface area contributed by atoms with Crippen LogP contribution in [0.2, 0.25) is 0 Å². The van der Waals surface area contributed by atoms with Crippen molar-refractivity contribution in [3.8, 4) is 17.2 Å². The van der Waals surface area contributed by atoms with Gasteiger partial charge >= 0.3 is 0 Å². The molecule has 6 nitrogen and oxygen atoms in total. The summed E-state index contributed by atoms with van der Waals surface area (Å²) < 4.78 is 44.9. The minimum atomic E-state index is -3.77. The Morgan fingerprint density at radius 3 is 1.90 bits per heavy atom. The summed E-state index contributed by atoms with van der Waals surface area (Å²) in [5.41, 5.74) is 2.57. The summed E-state index contributed by atoms with van der Waals surface area (Å²) in [4.78, 5) is 0.194. The highest BCUT2D eigenvalue weighted by Crippen LogP contribution is 2.26. The van der Waals surface area contributed by atoms with Gasteiger partial charge in [-0.1, -0.05) is 24.3 Å². The summed E-state index contributed by atoms with van der Waals surface area (Å²) in [7, 11) is 1.00. The SMILES string of the molecule is COc1ccc(CC(NS(=O)(=O)c2ccc(OC)c(C)c2)c2ccc(OC)cc2)cc1. The Balaban J connectivity index is 1.93. The van der Waals surface area contributed by atoms with Gasteiger partial charge in [0.25, 0.3) is 0 Å². The highest BCUT2D eigenvalue weighted by atomic mass is 32.2. The Labute approximate surface area is 183 Å². The number of sulfonamides is 1. The van der Waals surface area contributed by atoms with Gasteiger partial charge in [0.2, 0.25) is 10.0 Å². The number of rotatable bonds is 9. The molecule has 0 aromatic heterocycles. The Morgan fingerprint density at radius 1 is 0.806 bits per heavy atom. The van der Waals surface area contributed by atoms with E-state index in [2.05, 4.69) is 4.72 Å². The molecule has 0 heterocycles. The van der Waals surface area contributed by atoms with E-state index in [9.17, 15) is 8.42 Å². The van der Waals surface area contributed by atoms with E-state index >= 15 is 0 Å². The molecular weight excluding hydrogens is 414 g/mol. The first kappa shape index (κ1) is 22.7. The van der Waals surface area contributed by atoms with Crippen LogP contribution in [0, 0.1) is 6.92 Å². The van der Waals surface area contributed by atoms with Crippen molar-refractivity contribution in [2.75, 3.05) is 21.3 Å². The van der Waals surface area contributed by atoms with Gasteiger partial charge in [0.15, 0.2) is 0 Å². The molecule has 0 saturated heterocycles. The molecule has 0 aliphatic carbocycles. The lowest BCUT2D eigenvalue weighted by molar-refractivity contribution is 0.411. The molecule has 7 heteroatoms. The van der Waals surface area contributed by atoms with E-state index in [1.807, 2.05) is 55.5 Å². The molecule has 0 bridgehead atoms. The molecule has 1 unspecified atom stereocenters. The van der Waals surface area contributed by atoms with Crippen LogP contribution in [-0.4, -0.2) is 29.7 Å². The van der Waals surface area contributed by atoms with Crippen LogP contribution in [0.1, 0.15) is 22.7 Å². The number of hydrogen-bond donors (Lipinski definition) is 1. The van der Waals surface area contributed by atoms with E-state index in [1.165, 1.54) is 0 Å². The Bertz CT molecular complexity index is 1110. The fourth-order valence-corrected chi connectivity index (χ4v) is 4.64. The molecule has 0 aliphatic heterocycles. The van der Waals surface area contributed by atoms with Gasteiger partial charge in [-0.3, -0.25) is 0 Å². The van der Waals surface area contributed by atoms with Gasteiger partial charge in [0.05, 0.1) is 32.3 Å². The highest BCUT2D eigenvalue weighted by Gasteiger charge is 2.23. The molecule has 3 rings (SSSR count). The number of ether oxygens (including phenoxy) is 3. The Morgan fingerprint density at radius 2 is 1.39 bits per heavy atom. The Hall–Kier alpha value is -3.03. The minimum Gasteiger partial charge on any atom is -0.497 e. The number of nitrogens with one attached hydrogen (secondary N) is 1. The molecule has 0 aliphatic rings. The van der Waals surface area contributed by atoms with Crippen molar-refractivity contribution < 1.29 is 22.6 Å². The molecule has 164 valence electrons. The maximum absolute atomic E-state index is 13.2. The third kappa shape index (κ3) is 5.57. The number of aryl methyl sites for hydroxylation is 1. The third-order valence-corrected chi connectivity index (χ3v) is 6.56. The van der Waals surface area contributed by atoms with Crippen molar-refractivity contribution >= 4 is 10.0 Å². The molecule has 0 radical (unpaired) electrons. The van der Waals surface area contributed by atoms with Crippen LogP contribution in [0.3, 0.4) is 0 Å².